The molecular formula is C16H24N2O2. The van der Waals surface area contributed by atoms with E-state index in [1.165, 1.54) is 11.1 Å². The van der Waals surface area contributed by atoms with Crippen molar-refractivity contribution in [1.82, 2.24) is 5.32 Å². The summed E-state index contributed by atoms with van der Waals surface area (Å²) in [6.45, 7) is 5.94. The van der Waals surface area contributed by atoms with Crippen molar-refractivity contribution in [1.29, 1.82) is 0 Å². The number of nitrogens with one attached hydrogen (secondary N) is 2. The van der Waals surface area contributed by atoms with Crippen LogP contribution < -0.4 is 10.6 Å². The second kappa shape index (κ2) is 7.29. The summed E-state index contributed by atoms with van der Waals surface area (Å²) in [6, 6.07) is 6.21. The number of amides is 1. The van der Waals surface area contributed by atoms with Gasteiger partial charge in [-0.15, -0.1) is 0 Å². The summed E-state index contributed by atoms with van der Waals surface area (Å²) >= 11 is 0. The molecule has 1 heterocycles. The van der Waals surface area contributed by atoms with Crippen LogP contribution >= 0.6 is 0 Å². The molecule has 1 atom stereocenters. The van der Waals surface area contributed by atoms with E-state index in [9.17, 15) is 4.79 Å². The number of hydrogen-bond acceptors (Lipinski definition) is 3. The Labute approximate surface area is 120 Å². The van der Waals surface area contributed by atoms with E-state index in [-0.39, 0.29) is 12.0 Å². The minimum Gasteiger partial charge on any atom is -0.376 e. The molecule has 4 nitrogen and oxygen atoms in total. The third kappa shape index (κ3) is 3.97. The predicted molar refractivity (Wildman–Crippen MR) is 81.0 cm³/mol. The first-order valence-electron chi connectivity index (χ1n) is 7.41. The summed E-state index contributed by atoms with van der Waals surface area (Å²) in [5, 5.41) is 6.18. The van der Waals surface area contributed by atoms with Crippen molar-refractivity contribution in [2.45, 2.75) is 39.2 Å². The molecule has 1 saturated heterocycles. The quantitative estimate of drug-likeness (QED) is 0.838. The zero-order valence-electron chi connectivity index (χ0n) is 12.4. The molecule has 2 N–H and O–H groups in total. The van der Waals surface area contributed by atoms with Crippen LogP contribution in [0.2, 0.25) is 0 Å². The van der Waals surface area contributed by atoms with E-state index in [1.54, 1.807) is 0 Å². The van der Waals surface area contributed by atoms with Gasteiger partial charge in [0, 0.05) is 18.8 Å². The van der Waals surface area contributed by atoms with Gasteiger partial charge in [-0.2, -0.15) is 0 Å². The lowest BCUT2D eigenvalue weighted by atomic mass is 10.1. The fraction of sp³-hybridized carbons (Fsp3) is 0.562. The van der Waals surface area contributed by atoms with Crippen LogP contribution in [0.25, 0.3) is 0 Å². The van der Waals surface area contributed by atoms with E-state index in [0.717, 1.165) is 31.6 Å². The van der Waals surface area contributed by atoms with Crippen molar-refractivity contribution in [2.24, 2.45) is 0 Å². The van der Waals surface area contributed by atoms with Crippen LogP contribution in [-0.2, 0) is 16.0 Å². The summed E-state index contributed by atoms with van der Waals surface area (Å²) in [5.74, 6) is 0.0193. The predicted octanol–water partition coefficient (Wildman–Crippen LogP) is 2.26. The zero-order chi connectivity index (χ0) is 14.4. The van der Waals surface area contributed by atoms with Gasteiger partial charge in [-0.25, -0.2) is 0 Å². The minimum absolute atomic E-state index is 0.0193. The molecule has 110 valence electrons. The average Bonchev–Trinajstić information content (AvgIpc) is 2.96. The highest BCUT2D eigenvalue weighted by atomic mass is 16.5. The van der Waals surface area contributed by atoms with Gasteiger partial charge in [0.25, 0.3) is 0 Å². The lowest BCUT2D eigenvalue weighted by Crippen LogP contribution is -2.35. The van der Waals surface area contributed by atoms with Gasteiger partial charge in [0.2, 0.25) is 5.91 Å². The van der Waals surface area contributed by atoms with Gasteiger partial charge < -0.3 is 15.4 Å². The van der Waals surface area contributed by atoms with E-state index >= 15 is 0 Å². The Hall–Kier alpha value is -1.55. The molecule has 0 saturated carbocycles. The molecule has 0 aliphatic carbocycles. The topological polar surface area (TPSA) is 50.4 Å². The first-order valence-corrected chi connectivity index (χ1v) is 7.41. The molecule has 1 amide bonds. The Balaban J connectivity index is 1.80. The van der Waals surface area contributed by atoms with Crippen molar-refractivity contribution < 1.29 is 9.53 Å². The van der Waals surface area contributed by atoms with Crippen molar-refractivity contribution in [3.63, 3.8) is 0 Å². The highest BCUT2D eigenvalue weighted by Crippen LogP contribution is 2.20. The zero-order valence-corrected chi connectivity index (χ0v) is 12.4. The van der Waals surface area contributed by atoms with E-state index in [4.69, 9.17) is 4.74 Å². The number of rotatable bonds is 6. The molecule has 0 radical (unpaired) electrons. The fourth-order valence-corrected chi connectivity index (χ4v) is 2.54. The molecule has 1 aromatic carbocycles. The van der Waals surface area contributed by atoms with Crippen LogP contribution in [0.1, 0.15) is 30.9 Å². The van der Waals surface area contributed by atoms with Crippen molar-refractivity contribution in [3.8, 4) is 0 Å². The van der Waals surface area contributed by atoms with Gasteiger partial charge in [0.15, 0.2) is 0 Å². The van der Waals surface area contributed by atoms with Gasteiger partial charge >= 0.3 is 0 Å². The summed E-state index contributed by atoms with van der Waals surface area (Å²) < 4.78 is 5.49. The summed E-state index contributed by atoms with van der Waals surface area (Å²) in [7, 11) is 0. The second-order valence-electron chi connectivity index (χ2n) is 5.26. The fourth-order valence-electron chi connectivity index (χ4n) is 2.54. The number of benzene rings is 1. The second-order valence-corrected chi connectivity index (χ2v) is 5.26. The largest absolute Gasteiger partial charge is 0.376 e. The van der Waals surface area contributed by atoms with E-state index in [2.05, 4.69) is 42.7 Å². The number of carbonyl (C=O) groups excluding carboxylic acids is 1. The van der Waals surface area contributed by atoms with Crippen LogP contribution in [-0.4, -0.2) is 31.7 Å². The van der Waals surface area contributed by atoms with Crippen molar-refractivity contribution in [2.75, 3.05) is 25.0 Å². The SMILES string of the molecule is CCc1cccc(C)c1NCC(=O)NCC1CCCO1. The van der Waals surface area contributed by atoms with Gasteiger partial charge in [-0.05, 0) is 37.3 Å². The monoisotopic (exact) mass is 276 g/mol. The normalized spacial score (nSPS) is 18.0. The Morgan fingerprint density at radius 3 is 3.00 bits per heavy atom. The van der Waals surface area contributed by atoms with E-state index in [0.29, 0.717) is 13.1 Å². The number of carbonyl (C=O) groups is 1. The smallest absolute Gasteiger partial charge is 0.239 e. The molecule has 20 heavy (non-hydrogen) atoms. The van der Waals surface area contributed by atoms with Crippen LogP contribution in [0, 0.1) is 6.92 Å². The van der Waals surface area contributed by atoms with Gasteiger partial charge in [-0.1, -0.05) is 25.1 Å². The Morgan fingerprint density at radius 1 is 1.45 bits per heavy atom. The summed E-state index contributed by atoms with van der Waals surface area (Å²) in [5.41, 5.74) is 3.51. The highest BCUT2D eigenvalue weighted by Gasteiger charge is 2.16. The maximum atomic E-state index is 11.9. The van der Waals surface area contributed by atoms with Gasteiger partial charge in [-0.3, -0.25) is 4.79 Å². The lowest BCUT2D eigenvalue weighted by Gasteiger charge is -2.15. The highest BCUT2D eigenvalue weighted by molar-refractivity contribution is 5.81. The van der Waals surface area contributed by atoms with Gasteiger partial charge in [0.1, 0.15) is 0 Å². The minimum atomic E-state index is 0.0193. The van der Waals surface area contributed by atoms with E-state index < -0.39 is 0 Å². The molecule has 1 aliphatic rings. The molecule has 1 aliphatic heterocycles. The lowest BCUT2D eigenvalue weighted by molar-refractivity contribution is -0.119. The molecule has 1 unspecified atom stereocenters. The molecule has 0 spiro atoms. The summed E-state index contributed by atoms with van der Waals surface area (Å²) in [4.78, 5) is 11.9. The first-order chi connectivity index (χ1) is 9.70. The maximum Gasteiger partial charge on any atom is 0.239 e. The first kappa shape index (κ1) is 14.9. The molecule has 1 fully saturated rings. The molecule has 4 heteroatoms. The summed E-state index contributed by atoms with van der Waals surface area (Å²) in [6.07, 6.45) is 3.30. The van der Waals surface area contributed by atoms with E-state index in [1.807, 2.05) is 0 Å². The van der Waals surface area contributed by atoms with Crippen LogP contribution in [0.15, 0.2) is 18.2 Å². The van der Waals surface area contributed by atoms with Crippen molar-refractivity contribution >= 4 is 11.6 Å². The molecule has 0 bridgehead atoms. The maximum absolute atomic E-state index is 11.9. The third-order valence-corrected chi connectivity index (χ3v) is 3.72. The van der Waals surface area contributed by atoms with Crippen molar-refractivity contribution in [3.05, 3.63) is 29.3 Å². The molecule has 1 aromatic rings. The molecule has 2 rings (SSSR count). The molecular weight excluding hydrogens is 252 g/mol. The number of aryl methyl sites for hydroxylation is 2. The van der Waals surface area contributed by atoms with Crippen LogP contribution in [0.4, 0.5) is 5.69 Å². The average molecular weight is 276 g/mol. The van der Waals surface area contributed by atoms with Crippen LogP contribution in [0.5, 0.6) is 0 Å². The third-order valence-electron chi connectivity index (χ3n) is 3.72. The Kier molecular flexibility index (Phi) is 5.41. The van der Waals surface area contributed by atoms with Gasteiger partial charge in [0.05, 0.1) is 12.6 Å². The number of ether oxygens (including phenoxy) is 1. The Morgan fingerprint density at radius 2 is 2.30 bits per heavy atom. The number of hydrogen-bond donors (Lipinski definition) is 2. The Bertz CT molecular complexity index is 454. The number of para-hydroxylation sites is 1. The molecule has 0 aromatic heterocycles. The number of anilines is 1. The standard InChI is InChI=1S/C16H24N2O2/c1-3-13-7-4-6-12(2)16(13)18-11-15(19)17-10-14-8-5-9-20-14/h4,6-7,14,18H,3,5,8-11H2,1-2H3,(H,17,19). The van der Waals surface area contributed by atoms with Crippen LogP contribution in [0.3, 0.4) is 0 Å².